The van der Waals surface area contributed by atoms with Crippen LogP contribution in [0.1, 0.15) is 39.7 Å². The van der Waals surface area contributed by atoms with Gasteiger partial charge in [-0.25, -0.2) is 0 Å². The Morgan fingerprint density at radius 1 is 1.32 bits per heavy atom. The van der Waals surface area contributed by atoms with E-state index in [1.807, 2.05) is 6.07 Å². The third kappa shape index (κ3) is 2.61. The summed E-state index contributed by atoms with van der Waals surface area (Å²) in [7, 11) is 0. The van der Waals surface area contributed by atoms with E-state index >= 15 is 0 Å². The van der Waals surface area contributed by atoms with Crippen LogP contribution in [-0.2, 0) is 0 Å². The van der Waals surface area contributed by atoms with E-state index in [4.69, 9.17) is 5.26 Å². The first kappa shape index (κ1) is 11.8. The van der Waals surface area contributed by atoms with Gasteiger partial charge in [0.15, 0.2) is 0 Å². The molecule has 0 radical (unpaired) electrons. The highest BCUT2D eigenvalue weighted by molar-refractivity contribution is 7.15. The summed E-state index contributed by atoms with van der Waals surface area (Å²) in [4.78, 5) is 12.0. The molecular formula is C13H10N4OS. The second kappa shape index (κ2) is 4.78. The van der Waals surface area contributed by atoms with Crippen molar-refractivity contribution in [3.05, 3.63) is 40.4 Å². The highest BCUT2D eigenvalue weighted by Crippen LogP contribution is 2.42. The van der Waals surface area contributed by atoms with Crippen LogP contribution in [0.25, 0.3) is 0 Å². The summed E-state index contributed by atoms with van der Waals surface area (Å²) < 4.78 is 0. The second-order valence-corrected chi connectivity index (χ2v) is 5.37. The fourth-order valence-corrected chi connectivity index (χ4v) is 2.55. The van der Waals surface area contributed by atoms with Crippen molar-refractivity contribution in [2.24, 2.45) is 0 Å². The molecule has 3 rings (SSSR count). The molecular weight excluding hydrogens is 260 g/mol. The molecule has 0 aliphatic heterocycles. The number of nitrogens with one attached hydrogen (secondary N) is 1. The van der Waals surface area contributed by atoms with Gasteiger partial charge in [-0.05, 0) is 37.1 Å². The van der Waals surface area contributed by atoms with E-state index in [2.05, 4.69) is 15.5 Å². The molecule has 1 fully saturated rings. The smallest absolute Gasteiger partial charge is 0.257 e. The van der Waals surface area contributed by atoms with Gasteiger partial charge in [-0.15, -0.1) is 10.2 Å². The maximum atomic E-state index is 12.0. The Hall–Kier alpha value is -2.26. The number of carbonyl (C=O) groups is 1. The van der Waals surface area contributed by atoms with Gasteiger partial charge in [-0.1, -0.05) is 11.3 Å². The van der Waals surface area contributed by atoms with Crippen molar-refractivity contribution in [2.45, 2.75) is 18.8 Å². The zero-order valence-electron chi connectivity index (χ0n) is 9.96. The van der Waals surface area contributed by atoms with Gasteiger partial charge in [-0.2, -0.15) is 5.26 Å². The number of hydrogen-bond donors (Lipinski definition) is 1. The van der Waals surface area contributed by atoms with Crippen LogP contribution in [0.15, 0.2) is 24.3 Å². The Morgan fingerprint density at radius 2 is 2.05 bits per heavy atom. The summed E-state index contributed by atoms with van der Waals surface area (Å²) in [6, 6.07) is 8.49. The predicted octanol–water partition coefficient (Wildman–Crippen LogP) is 2.54. The molecule has 1 aromatic heterocycles. The molecule has 6 heteroatoms. The van der Waals surface area contributed by atoms with Crippen LogP contribution in [-0.4, -0.2) is 16.1 Å². The monoisotopic (exact) mass is 270 g/mol. The van der Waals surface area contributed by atoms with Gasteiger partial charge in [0, 0.05) is 11.5 Å². The van der Waals surface area contributed by atoms with Crippen LogP contribution in [0, 0.1) is 11.3 Å². The van der Waals surface area contributed by atoms with E-state index in [-0.39, 0.29) is 5.91 Å². The minimum atomic E-state index is -0.233. The average Bonchev–Trinajstić information content (AvgIpc) is 3.20. The van der Waals surface area contributed by atoms with E-state index in [1.54, 1.807) is 24.3 Å². The molecule has 94 valence electrons. The van der Waals surface area contributed by atoms with E-state index < -0.39 is 0 Å². The molecule has 0 atom stereocenters. The number of hydrogen-bond acceptors (Lipinski definition) is 5. The van der Waals surface area contributed by atoms with Gasteiger partial charge in [0.25, 0.3) is 5.91 Å². The molecule has 0 spiro atoms. The third-order valence-corrected chi connectivity index (χ3v) is 3.87. The molecule has 0 unspecified atom stereocenters. The maximum absolute atomic E-state index is 12.0. The molecule has 1 heterocycles. The summed E-state index contributed by atoms with van der Waals surface area (Å²) in [5.41, 5.74) is 1.03. The first-order valence-corrected chi connectivity index (χ1v) is 6.73. The van der Waals surface area contributed by atoms with E-state index in [1.165, 1.54) is 11.3 Å². The SMILES string of the molecule is N#Cc1ccc(C(=O)Nc2nnc(C3CC3)s2)cc1. The van der Waals surface area contributed by atoms with E-state index in [9.17, 15) is 4.79 Å². The van der Waals surface area contributed by atoms with Crippen LogP contribution >= 0.6 is 11.3 Å². The van der Waals surface area contributed by atoms with Crippen molar-refractivity contribution in [1.29, 1.82) is 5.26 Å². The normalized spacial score (nSPS) is 13.8. The Labute approximate surface area is 113 Å². The Morgan fingerprint density at radius 3 is 2.68 bits per heavy atom. The van der Waals surface area contributed by atoms with E-state index in [0.717, 1.165) is 17.8 Å². The molecule has 1 N–H and O–H groups in total. The molecule has 0 saturated heterocycles. The first-order valence-electron chi connectivity index (χ1n) is 5.91. The second-order valence-electron chi connectivity index (χ2n) is 4.36. The molecule has 0 bridgehead atoms. The Bertz CT molecular complexity index is 652. The lowest BCUT2D eigenvalue weighted by atomic mass is 10.1. The van der Waals surface area contributed by atoms with Crippen LogP contribution in [0.3, 0.4) is 0 Å². The minimum Gasteiger partial charge on any atom is -0.296 e. The zero-order chi connectivity index (χ0) is 13.2. The summed E-state index contributed by atoms with van der Waals surface area (Å²) in [6.07, 6.45) is 2.33. The van der Waals surface area contributed by atoms with Crippen molar-refractivity contribution < 1.29 is 4.79 Å². The van der Waals surface area contributed by atoms with Gasteiger partial charge in [-0.3, -0.25) is 10.1 Å². The largest absolute Gasteiger partial charge is 0.296 e. The molecule has 1 aliphatic carbocycles. The number of rotatable bonds is 3. The van der Waals surface area contributed by atoms with Crippen LogP contribution in [0.2, 0.25) is 0 Å². The van der Waals surface area contributed by atoms with Crippen molar-refractivity contribution in [1.82, 2.24) is 10.2 Å². The van der Waals surface area contributed by atoms with Gasteiger partial charge >= 0.3 is 0 Å². The minimum absolute atomic E-state index is 0.233. The van der Waals surface area contributed by atoms with Crippen LogP contribution < -0.4 is 5.32 Å². The third-order valence-electron chi connectivity index (χ3n) is 2.86. The number of amides is 1. The zero-order valence-corrected chi connectivity index (χ0v) is 10.8. The van der Waals surface area contributed by atoms with Crippen molar-refractivity contribution in [3.8, 4) is 6.07 Å². The number of aromatic nitrogens is 2. The molecule has 1 aromatic carbocycles. The van der Waals surface area contributed by atoms with Gasteiger partial charge < -0.3 is 0 Å². The number of nitriles is 1. The van der Waals surface area contributed by atoms with Gasteiger partial charge in [0.05, 0.1) is 11.6 Å². The number of carbonyl (C=O) groups excluding carboxylic acids is 1. The van der Waals surface area contributed by atoms with Crippen molar-refractivity contribution in [2.75, 3.05) is 5.32 Å². The van der Waals surface area contributed by atoms with Crippen LogP contribution in [0.5, 0.6) is 0 Å². The number of anilines is 1. The molecule has 2 aromatic rings. The Kier molecular flexibility index (Phi) is 2.97. The Balaban J connectivity index is 1.70. The standard InChI is InChI=1S/C13H10N4OS/c14-7-8-1-3-9(4-2-8)11(18)15-13-17-16-12(19-13)10-5-6-10/h1-4,10H,5-6H2,(H,15,17,18). The topological polar surface area (TPSA) is 78.7 Å². The fourth-order valence-electron chi connectivity index (χ4n) is 1.65. The predicted molar refractivity (Wildman–Crippen MR) is 71.0 cm³/mol. The van der Waals surface area contributed by atoms with Crippen LogP contribution in [0.4, 0.5) is 5.13 Å². The summed E-state index contributed by atoms with van der Waals surface area (Å²) in [5, 5.41) is 21.0. The molecule has 1 aliphatic rings. The van der Waals surface area contributed by atoms with E-state index in [0.29, 0.717) is 22.2 Å². The number of benzene rings is 1. The maximum Gasteiger partial charge on any atom is 0.257 e. The summed E-state index contributed by atoms with van der Waals surface area (Å²) in [6.45, 7) is 0. The lowest BCUT2D eigenvalue weighted by molar-refractivity contribution is 0.102. The molecule has 5 nitrogen and oxygen atoms in total. The van der Waals surface area contributed by atoms with Crippen molar-refractivity contribution in [3.63, 3.8) is 0 Å². The quantitative estimate of drug-likeness (QED) is 0.929. The highest BCUT2D eigenvalue weighted by Gasteiger charge is 2.27. The molecule has 19 heavy (non-hydrogen) atoms. The van der Waals surface area contributed by atoms with Crippen molar-refractivity contribution >= 4 is 22.4 Å². The number of nitrogens with zero attached hydrogens (tertiary/aromatic N) is 3. The lowest BCUT2D eigenvalue weighted by Crippen LogP contribution is -2.11. The average molecular weight is 270 g/mol. The molecule has 1 amide bonds. The summed E-state index contributed by atoms with van der Waals surface area (Å²) >= 11 is 1.43. The van der Waals surface area contributed by atoms with Gasteiger partial charge in [0.1, 0.15) is 5.01 Å². The summed E-state index contributed by atoms with van der Waals surface area (Å²) in [5.74, 6) is 0.307. The fraction of sp³-hybridized carbons (Fsp3) is 0.231. The first-order chi connectivity index (χ1) is 9.26. The van der Waals surface area contributed by atoms with Gasteiger partial charge in [0.2, 0.25) is 5.13 Å². The molecule has 1 saturated carbocycles. The highest BCUT2D eigenvalue weighted by atomic mass is 32.1. The lowest BCUT2D eigenvalue weighted by Gasteiger charge is -2.00.